The number of halogens is 4. The molecule has 0 saturated carbocycles. The lowest BCUT2D eigenvalue weighted by molar-refractivity contribution is -0.137. The first-order valence-corrected chi connectivity index (χ1v) is 16.2. The van der Waals surface area contributed by atoms with Gasteiger partial charge in [0.25, 0.3) is 5.56 Å². The molecule has 6 aromatic rings. The number of pyridine rings is 1. The molecule has 0 radical (unpaired) electrons. The van der Waals surface area contributed by atoms with Gasteiger partial charge >= 0.3 is 6.18 Å². The minimum Gasteiger partial charge on any atom is -0.506 e. The molecular weight excluding hydrogens is 677 g/mol. The van der Waals surface area contributed by atoms with Gasteiger partial charge in [-0.3, -0.25) is 19.5 Å². The van der Waals surface area contributed by atoms with E-state index >= 15 is 0 Å². The van der Waals surface area contributed by atoms with E-state index < -0.39 is 23.2 Å². The molecule has 1 aliphatic rings. The van der Waals surface area contributed by atoms with E-state index in [0.717, 1.165) is 28.1 Å². The zero-order valence-electron chi connectivity index (χ0n) is 26.6. The minimum atomic E-state index is -4.60. The molecule has 1 fully saturated rings. The van der Waals surface area contributed by atoms with Crippen LogP contribution in [0.5, 0.6) is 5.75 Å². The molecule has 7 rings (SSSR count). The fourth-order valence-corrected chi connectivity index (χ4v) is 6.37. The van der Waals surface area contributed by atoms with Crippen LogP contribution in [0.2, 0.25) is 5.02 Å². The van der Waals surface area contributed by atoms with Gasteiger partial charge in [0.05, 0.1) is 27.7 Å². The lowest BCUT2D eigenvalue weighted by atomic mass is 10.2. The second-order valence-electron chi connectivity index (χ2n) is 11.8. The van der Waals surface area contributed by atoms with E-state index in [1.54, 1.807) is 35.0 Å². The molecule has 1 aliphatic heterocycles. The highest BCUT2D eigenvalue weighted by molar-refractivity contribution is 6.33. The topological polar surface area (TPSA) is 134 Å². The van der Waals surface area contributed by atoms with Gasteiger partial charge in [-0.1, -0.05) is 36.7 Å². The zero-order chi connectivity index (χ0) is 35.2. The predicted molar refractivity (Wildman–Crippen MR) is 180 cm³/mol. The Hall–Kier alpha value is -5.41. The molecule has 50 heavy (non-hydrogen) atoms. The lowest BCUT2D eigenvalue weighted by Gasteiger charge is -2.36. The number of furan rings is 1. The van der Waals surface area contributed by atoms with E-state index in [9.17, 15) is 27.9 Å². The maximum Gasteiger partial charge on any atom is 0.416 e. The van der Waals surface area contributed by atoms with Crippen molar-refractivity contribution in [2.75, 3.05) is 36.4 Å². The molecule has 0 bridgehead atoms. The highest BCUT2D eigenvalue weighted by Crippen LogP contribution is 2.34. The van der Waals surface area contributed by atoms with Crippen LogP contribution < -0.4 is 15.8 Å². The van der Waals surface area contributed by atoms with E-state index in [4.69, 9.17) is 16.0 Å². The molecule has 2 aromatic carbocycles. The second-order valence-corrected chi connectivity index (χ2v) is 12.2. The molecule has 4 aromatic heterocycles. The number of rotatable bonds is 8. The average Bonchev–Trinajstić information content (AvgIpc) is 3.73. The number of amides is 1. The van der Waals surface area contributed by atoms with Crippen LogP contribution in [0.4, 0.5) is 24.5 Å². The van der Waals surface area contributed by atoms with Gasteiger partial charge in [-0.25, -0.2) is 0 Å². The number of benzene rings is 2. The van der Waals surface area contributed by atoms with Crippen LogP contribution in [0.1, 0.15) is 23.9 Å². The molecule has 0 aliphatic carbocycles. The van der Waals surface area contributed by atoms with Gasteiger partial charge in [0.1, 0.15) is 23.6 Å². The summed E-state index contributed by atoms with van der Waals surface area (Å²) >= 11 is 6.13. The van der Waals surface area contributed by atoms with E-state index in [2.05, 4.69) is 25.3 Å². The van der Waals surface area contributed by atoms with Gasteiger partial charge in [-0.2, -0.15) is 22.7 Å². The van der Waals surface area contributed by atoms with Crippen LogP contribution in [-0.4, -0.2) is 66.2 Å². The summed E-state index contributed by atoms with van der Waals surface area (Å²) in [7, 11) is 0. The number of fused-ring (bicyclic) bond motifs is 2. The third-order valence-corrected chi connectivity index (χ3v) is 8.92. The van der Waals surface area contributed by atoms with Crippen molar-refractivity contribution in [1.29, 1.82) is 0 Å². The summed E-state index contributed by atoms with van der Waals surface area (Å²) < 4.78 is 48.3. The molecule has 0 unspecified atom stereocenters. The molecule has 258 valence electrons. The van der Waals surface area contributed by atoms with Crippen molar-refractivity contribution in [3.8, 4) is 17.3 Å². The fourth-order valence-electron chi connectivity index (χ4n) is 6.14. The molecule has 2 N–H and O–H groups in total. The Morgan fingerprint density at radius 1 is 1.06 bits per heavy atom. The summed E-state index contributed by atoms with van der Waals surface area (Å²) in [5, 5.41) is 17.9. The van der Waals surface area contributed by atoms with Crippen LogP contribution in [0.15, 0.2) is 76.1 Å². The number of para-hydroxylation sites is 1. The Labute approximate surface area is 287 Å². The molecule has 1 saturated heterocycles. The molecule has 0 spiro atoms. The van der Waals surface area contributed by atoms with Crippen LogP contribution in [0, 0.1) is 0 Å². The monoisotopic (exact) mass is 706 g/mol. The number of nitrogens with zero attached hydrogens (tertiary/aromatic N) is 7. The molecule has 16 heteroatoms. The standard InChI is InChI=1S/C34H30ClF3N8O4/c1-2-25-30(44-14-12-43(13-15-44)18-24-26(47)7-5-11-39-24)32(49)46-33(41-31(42-46)28-16-20-6-3-4-8-27(20)50-28)45(25)19-29(48)40-23-10-9-21(17-22(23)35)34(36,37)38/h3-11,16-17,47H,2,12-15,18-19H2,1H3,(H,40,48). The first kappa shape index (κ1) is 33.1. The lowest BCUT2D eigenvalue weighted by Crippen LogP contribution is -2.48. The Morgan fingerprint density at radius 2 is 1.84 bits per heavy atom. The van der Waals surface area contributed by atoms with Crippen molar-refractivity contribution in [2.45, 2.75) is 32.6 Å². The van der Waals surface area contributed by atoms with Crippen LogP contribution in [-0.2, 0) is 30.5 Å². The first-order valence-electron chi connectivity index (χ1n) is 15.8. The SMILES string of the molecule is CCc1c(N2CCN(Cc3ncccc3O)CC2)c(=O)n2nc(-c3cc4ccccc4o3)nc2n1CC(=O)Nc1ccc(C(F)(F)F)cc1Cl. The zero-order valence-corrected chi connectivity index (χ0v) is 27.4. The third-order valence-electron chi connectivity index (χ3n) is 8.61. The maximum absolute atomic E-state index is 14.2. The summed E-state index contributed by atoms with van der Waals surface area (Å²) in [6.07, 6.45) is -2.64. The number of hydrogen-bond donors (Lipinski definition) is 2. The Morgan fingerprint density at radius 3 is 2.54 bits per heavy atom. The molecule has 1 amide bonds. The Bertz CT molecular complexity index is 2260. The van der Waals surface area contributed by atoms with E-state index in [-0.39, 0.29) is 34.6 Å². The number of piperazine rings is 1. The normalized spacial score (nSPS) is 14.1. The Balaban J connectivity index is 1.25. The molecule has 12 nitrogen and oxygen atoms in total. The van der Waals surface area contributed by atoms with Gasteiger partial charge in [0, 0.05) is 44.3 Å². The van der Waals surface area contributed by atoms with Gasteiger partial charge in [-0.15, -0.1) is 5.10 Å². The second kappa shape index (κ2) is 13.1. The van der Waals surface area contributed by atoms with E-state index in [0.29, 0.717) is 67.6 Å². The summed E-state index contributed by atoms with van der Waals surface area (Å²) in [5.74, 6) is 0.0548. The third kappa shape index (κ3) is 6.36. The van der Waals surface area contributed by atoms with Gasteiger partial charge in [0.15, 0.2) is 5.76 Å². The van der Waals surface area contributed by atoms with E-state index in [1.807, 2.05) is 30.0 Å². The van der Waals surface area contributed by atoms with E-state index in [1.165, 1.54) is 0 Å². The van der Waals surface area contributed by atoms with Crippen molar-refractivity contribution in [3.63, 3.8) is 0 Å². The fraction of sp³-hybridized carbons (Fsp3) is 0.265. The molecular formula is C34H30ClF3N8O4. The predicted octanol–water partition coefficient (Wildman–Crippen LogP) is 5.60. The number of alkyl halides is 3. The number of aromatic nitrogens is 5. The van der Waals surface area contributed by atoms with Crippen LogP contribution in [0.3, 0.4) is 0 Å². The van der Waals surface area contributed by atoms with Gasteiger partial charge in [-0.05, 0) is 48.9 Å². The number of nitrogens with one attached hydrogen (secondary N) is 1. The van der Waals surface area contributed by atoms with Crippen molar-refractivity contribution in [2.24, 2.45) is 0 Å². The number of anilines is 2. The van der Waals surface area contributed by atoms with Crippen molar-refractivity contribution in [1.82, 2.24) is 29.0 Å². The van der Waals surface area contributed by atoms with Crippen molar-refractivity contribution in [3.05, 3.63) is 99.2 Å². The van der Waals surface area contributed by atoms with Crippen molar-refractivity contribution < 1.29 is 27.5 Å². The summed E-state index contributed by atoms with van der Waals surface area (Å²) in [4.78, 5) is 40.8. The smallest absolute Gasteiger partial charge is 0.416 e. The maximum atomic E-state index is 14.2. The van der Waals surface area contributed by atoms with Crippen LogP contribution >= 0.6 is 11.6 Å². The minimum absolute atomic E-state index is 0.000463. The largest absolute Gasteiger partial charge is 0.506 e. The highest BCUT2D eigenvalue weighted by atomic mass is 35.5. The average molecular weight is 707 g/mol. The summed E-state index contributed by atoms with van der Waals surface area (Å²) in [5.41, 5.74) is 0.663. The van der Waals surface area contributed by atoms with Gasteiger partial charge in [0.2, 0.25) is 17.5 Å². The van der Waals surface area contributed by atoms with Gasteiger partial charge < -0.3 is 24.3 Å². The number of carbonyl (C=O) groups excluding carboxylic acids is 1. The van der Waals surface area contributed by atoms with Crippen molar-refractivity contribution >= 4 is 45.6 Å². The first-order chi connectivity index (χ1) is 24.0. The summed E-state index contributed by atoms with van der Waals surface area (Å²) in [6, 6.07) is 15.0. The molecule has 0 atom stereocenters. The highest BCUT2D eigenvalue weighted by Gasteiger charge is 2.32. The summed E-state index contributed by atoms with van der Waals surface area (Å²) in [6.45, 7) is 3.97. The quantitative estimate of drug-likeness (QED) is 0.208. The van der Waals surface area contributed by atoms with Crippen LogP contribution in [0.25, 0.3) is 28.3 Å². The number of hydrogen-bond acceptors (Lipinski definition) is 9. The number of aromatic hydroxyl groups is 1. The number of carbonyl (C=O) groups is 1. The Kier molecular flexibility index (Phi) is 8.70. The molecule has 5 heterocycles.